The summed E-state index contributed by atoms with van der Waals surface area (Å²) in [5.74, 6) is 0.407. The monoisotopic (exact) mass is 440 g/mol. The maximum atomic E-state index is 13.2. The molecule has 0 amide bonds. The second-order valence-corrected chi connectivity index (χ2v) is 9.53. The molecule has 4 rings (SSSR count). The van der Waals surface area contributed by atoms with Gasteiger partial charge in [-0.25, -0.2) is 18.1 Å². The van der Waals surface area contributed by atoms with Gasteiger partial charge >= 0.3 is 0 Å². The molecule has 3 heterocycles. The van der Waals surface area contributed by atoms with Gasteiger partial charge in [0.2, 0.25) is 0 Å². The summed E-state index contributed by atoms with van der Waals surface area (Å²) < 4.78 is 32.1. The van der Waals surface area contributed by atoms with Crippen LogP contribution >= 0.6 is 0 Å². The average molecular weight is 441 g/mol. The molecule has 162 valence electrons. The number of aromatic nitrogens is 5. The standard InChI is InChI=1S/C21H24N6O3S/c1-5-14-6-7-15-11-23-26(4)20(15)19(14)25-31(29,30)17-12-24-27(13-17)18-10-16(8-9-22-18)21(2,3)28/h6-13,25,28H,5H2,1-4H3. The number of hydrogen-bond acceptors (Lipinski definition) is 6. The van der Waals surface area contributed by atoms with Crippen LogP contribution < -0.4 is 4.72 Å². The molecule has 9 nitrogen and oxygen atoms in total. The molecule has 2 N–H and O–H groups in total. The van der Waals surface area contributed by atoms with E-state index in [9.17, 15) is 13.5 Å². The maximum Gasteiger partial charge on any atom is 0.265 e. The van der Waals surface area contributed by atoms with E-state index in [0.29, 0.717) is 23.5 Å². The third kappa shape index (κ3) is 3.91. The van der Waals surface area contributed by atoms with Crippen molar-refractivity contribution < 1.29 is 13.5 Å². The van der Waals surface area contributed by atoms with Gasteiger partial charge in [-0.15, -0.1) is 0 Å². The first-order valence-corrected chi connectivity index (χ1v) is 11.3. The highest BCUT2D eigenvalue weighted by atomic mass is 32.2. The van der Waals surface area contributed by atoms with Crippen LogP contribution in [-0.4, -0.2) is 38.1 Å². The molecule has 4 aromatic rings. The zero-order chi connectivity index (χ0) is 22.4. The van der Waals surface area contributed by atoms with E-state index in [4.69, 9.17) is 0 Å². The van der Waals surface area contributed by atoms with Gasteiger partial charge in [0.05, 0.1) is 35.4 Å². The fourth-order valence-electron chi connectivity index (χ4n) is 3.40. The van der Waals surface area contributed by atoms with Gasteiger partial charge in [0.15, 0.2) is 5.82 Å². The summed E-state index contributed by atoms with van der Waals surface area (Å²) in [4.78, 5) is 4.24. The smallest absolute Gasteiger partial charge is 0.265 e. The van der Waals surface area contributed by atoms with Crippen molar-refractivity contribution in [1.29, 1.82) is 0 Å². The van der Waals surface area contributed by atoms with E-state index in [0.717, 1.165) is 16.5 Å². The van der Waals surface area contributed by atoms with E-state index >= 15 is 0 Å². The molecule has 0 unspecified atom stereocenters. The first-order chi connectivity index (χ1) is 14.6. The fraction of sp³-hybridized carbons (Fsp3) is 0.286. The van der Waals surface area contributed by atoms with Crippen molar-refractivity contribution in [3.63, 3.8) is 0 Å². The third-order valence-electron chi connectivity index (χ3n) is 5.16. The van der Waals surface area contributed by atoms with E-state index in [1.807, 2.05) is 19.1 Å². The predicted molar refractivity (Wildman–Crippen MR) is 118 cm³/mol. The van der Waals surface area contributed by atoms with E-state index in [1.165, 1.54) is 17.1 Å². The molecular weight excluding hydrogens is 416 g/mol. The molecule has 0 bridgehead atoms. The molecule has 0 aliphatic heterocycles. The molecule has 0 atom stereocenters. The number of hydrogen-bond donors (Lipinski definition) is 2. The number of pyridine rings is 1. The minimum absolute atomic E-state index is 0.00388. The molecule has 0 aliphatic rings. The Morgan fingerprint density at radius 3 is 2.65 bits per heavy atom. The number of rotatable bonds is 6. The number of aryl methyl sites for hydroxylation is 2. The largest absolute Gasteiger partial charge is 0.386 e. The lowest BCUT2D eigenvalue weighted by molar-refractivity contribution is 0.0785. The van der Waals surface area contributed by atoms with Crippen molar-refractivity contribution in [2.45, 2.75) is 37.7 Å². The van der Waals surface area contributed by atoms with E-state index in [2.05, 4.69) is 19.9 Å². The lowest BCUT2D eigenvalue weighted by atomic mass is 10.00. The Hall–Kier alpha value is -3.24. The third-order valence-corrected chi connectivity index (χ3v) is 6.47. The molecule has 0 fully saturated rings. The molecule has 0 saturated carbocycles. The summed E-state index contributed by atoms with van der Waals surface area (Å²) in [6, 6.07) is 7.20. The maximum absolute atomic E-state index is 13.2. The van der Waals surface area contributed by atoms with Gasteiger partial charge in [0.25, 0.3) is 10.0 Å². The molecule has 10 heteroatoms. The second-order valence-electron chi connectivity index (χ2n) is 7.85. The van der Waals surface area contributed by atoms with Crippen molar-refractivity contribution in [2.75, 3.05) is 4.72 Å². The molecule has 0 aliphatic carbocycles. The van der Waals surface area contributed by atoms with Crippen molar-refractivity contribution in [2.24, 2.45) is 7.05 Å². The second kappa shape index (κ2) is 7.47. The van der Waals surface area contributed by atoms with Gasteiger partial charge in [-0.1, -0.05) is 19.1 Å². The Bertz CT molecular complexity index is 1370. The van der Waals surface area contributed by atoms with Gasteiger partial charge in [0.1, 0.15) is 4.90 Å². The Balaban J connectivity index is 1.72. The Labute approximate surface area is 180 Å². The number of benzene rings is 1. The van der Waals surface area contributed by atoms with Crippen LogP contribution in [0.3, 0.4) is 0 Å². The normalized spacial score (nSPS) is 12.4. The van der Waals surface area contributed by atoms with E-state index in [1.54, 1.807) is 50.1 Å². The summed E-state index contributed by atoms with van der Waals surface area (Å²) in [5, 5.41) is 19.5. The highest BCUT2D eigenvalue weighted by molar-refractivity contribution is 7.92. The summed E-state index contributed by atoms with van der Waals surface area (Å²) in [7, 11) is -2.13. The number of nitrogens with one attached hydrogen (secondary N) is 1. The molecule has 0 radical (unpaired) electrons. The minimum atomic E-state index is -3.91. The van der Waals surface area contributed by atoms with Gasteiger partial charge in [-0.05, 0) is 43.5 Å². The quantitative estimate of drug-likeness (QED) is 0.476. The highest BCUT2D eigenvalue weighted by Gasteiger charge is 2.22. The van der Waals surface area contributed by atoms with Crippen LogP contribution in [0.1, 0.15) is 31.9 Å². The fourth-order valence-corrected chi connectivity index (χ4v) is 4.44. The van der Waals surface area contributed by atoms with Gasteiger partial charge in [0, 0.05) is 18.6 Å². The molecule has 31 heavy (non-hydrogen) atoms. The molecule has 1 aromatic carbocycles. The first-order valence-electron chi connectivity index (χ1n) is 9.80. The molecular formula is C21H24N6O3S. The van der Waals surface area contributed by atoms with Crippen LogP contribution in [0.2, 0.25) is 0 Å². The Morgan fingerprint density at radius 2 is 1.94 bits per heavy atom. The van der Waals surface area contributed by atoms with Crippen LogP contribution in [0.25, 0.3) is 16.7 Å². The van der Waals surface area contributed by atoms with Crippen LogP contribution in [0.15, 0.2) is 53.9 Å². The zero-order valence-corrected chi connectivity index (χ0v) is 18.6. The number of nitrogens with zero attached hydrogens (tertiary/aromatic N) is 5. The highest BCUT2D eigenvalue weighted by Crippen LogP contribution is 2.30. The van der Waals surface area contributed by atoms with Crippen LogP contribution in [0, 0.1) is 0 Å². The first kappa shape index (κ1) is 21.0. The molecule has 0 spiro atoms. The number of anilines is 1. The number of aliphatic hydroxyl groups is 1. The van der Waals surface area contributed by atoms with Crippen LogP contribution in [0.4, 0.5) is 5.69 Å². The summed E-state index contributed by atoms with van der Waals surface area (Å²) >= 11 is 0. The van der Waals surface area contributed by atoms with Gasteiger partial charge in [-0.3, -0.25) is 9.40 Å². The van der Waals surface area contributed by atoms with Crippen molar-refractivity contribution in [1.82, 2.24) is 24.5 Å². The lowest BCUT2D eigenvalue weighted by Gasteiger charge is -2.17. The number of sulfonamides is 1. The SMILES string of the molecule is CCc1ccc2cnn(C)c2c1NS(=O)(=O)c1cnn(-c2cc(C(C)(C)O)ccn2)c1. The minimum Gasteiger partial charge on any atom is -0.386 e. The van der Waals surface area contributed by atoms with Crippen molar-refractivity contribution in [3.8, 4) is 5.82 Å². The zero-order valence-electron chi connectivity index (χ0n) is 17.7. The summed E-state index contributed by atoms with van der Waals surface area (Å²) in [6.45, 7) is 5.30. The topological polar surface area (TPSA) is 115 Å². The van der Waals surface area contributed by atoms with Crippen LogP contribution in [0.5, 0.6) is 0 Å². The van der Waals surface area contributed by atoms with E-state index in [-0.39, 0.29) is 4.90 Å². The van der Waals surface area contributed by atoms with Crippen LogP contribution in [-0.2, 0) is 29.1 Å². The summed E-state index contributed by atoms with van der Waals surface area (Å²) in [6.07, 6.45) is 6.58. The predicted octanol–water partition coefficient (Wildman–Crippen LogP) is 2.74. The van der Waals surface area contributed by atoms with Crippen molar-refractivity contribution >= 4 is 26.6 Å². The molecule has 3 aromatic heterocycles. The summed E-state index contributed by atoms with van der Waals surface area (Å²) in [5.41, 5.74) is 1.68. The Morgan fingerprint density at radius 1 is 1.16 bits per heavy atom. The number of fused-ring (bicyclic) bond motifs is 1. The van der Waals surface area contributed by atoms with Crippen molar-refractivity contribution in [3.05, 3.63) is 60.2 Å². The lowest BCUT2D eigenvalue weighted by Crippen LogP contribution is -2.16. The Kier molecular flexibility index (Phi) is 5.06. The van der Waals surface area contributed by atoms with Gasteiger partial charge in [-0.2, -0.15) is 10.2 Å². The van der Waals surface area contributed by atoms with Gasteiger partial charge < -0.3 is 5.11 Å². The molecule has 0 saturated heterocycles. The average Bonchev–Trinajstić information content (AvgIpc) is 3.36. The van der Waals surface area contributed by atoms with E-state index < -0.39 is 15.6 Å².